The second-order valence-electron chi connectivity index (χ2n) is 4.89. The first kappa shape index (κ1) is 16.7. The number of amides is 1. The normalized spacial score (nSPS) is 21.9. The van der Waals surface area contributed by atoms with E-state index in [-0.39, 0.29) is 24.4 Å². The molecule has 0 aromatic carbocycles. The fourth-order valence-corrected chi connectivity index (χ4v) is 2.10. The standard InChI is InChI=1S/C10H20N2O3S.ClH/c1-8-7-12(6-5-11-8)9(13)10(2,3)16(4,14)15;/h8,11H,5-7H2,1-4H3;1H/t8-;/m0./s1. The number of hydrogen-bond acceptors (Lipinski definition) is 4. The minimum absolute atomic E-state index is 0. The van der Waals surface area contributed by atoms with Crippen LogP contribution in [0.2, 0.25) is 0 Å². The van der Waals surface area contributed by atoms with Crippen LogP contribution in [-0.4, -0.2) is 55.9 Å². The number of rotatable bonds is 2. The fourth-order valence-electron chi connectivity index (χ4n) is 1.66. The molecule has 0 radical (unpaired) electrons. The Morgan fingerprint density at radius 3 is 2.35 bits per heavy atom. The predicted octanol–water partition coefficient (Wildman–Crippen LogP) is 0.0517. The van der Waals surface area contributed by atoms with Crippen molar-refractivity contribution in [2.24, 2.45) is 0 Å². The van der Waals surface area contributed by atoms with Crippen molar-refractivity contribution in [1.29, 1.82) is 0 Å². The van der Waals surface area contributed by atoms with Crippen LogP contribution in [0, 0.1) is 0 Å². The fraction of sp³-hybridized carbons (Fsp3) is 0.900. The van der Waals surface area contributed by atoms with E-state index in [1.165, 1.54) is 13.8 Å². The van der Waals surface area contributed by atoms with Crippen LogP contribution in [0.25, 0.3) is 0 Å². The average Bonchev–Trinajstić information content (AvgIpc) is 2.14. The number of carbonyl (C=O) groups is 1. The van der Waals surface area contributed by atoms with Gasteiger partial charge in [0.1, 0.15) is 4.75 Å². The minimum atomic E-state index is -3.38. The SMILES string of the molecule is C[C@H]1CN(C(=O)C(C)(C)S(C)(=O)=O)CCN1.Cl. The molecule has 1 rings (SSSR count). The molecule has 1 fully saturated rings. The molecule has 0 saturated carbocycles. The van der Waals surface area contributed by atoms with Gasteiger partial charge in [-0.25, -0.2) is 8.42 Å². The van der Waals surface area contributed by atoms with Crippen LogP contribution in [-0.2, 0) is 14.6 Å². The third-order valence-corrected chi connectivity index (χ3v) is 5.13. The Morgan fingerprint density at radius 1 is 1.41 bits per heavy atom. The second-order valence-corrected chi connectivity index (χ2v) is 7.45. The van der Waals surface area contributed by atoms with Gasteiger partial charge in [-0.2, -0.15) is 0 Å². The van der Waals surface area contributed by atoms with E-state index in [0.717, 1.165) is 6.26 Å². The van der Waals surface area contributed by atoms with Gasteiger partial charge >= 0.3 is 0 Å². The number of hydrogen-bond donors (Lipinski definition) is 1. The molecular weight excluding hydrogens is 264 g/mol. The van der Waals surface area contributed by atoms with E-state index < -0.39 is 14.6 Å². The number of sulfone groups is 1. The molecule has 0 spiro atoms. The zero-order valence-electron chi connectivity index (χ0n) is 10.7. The maximum atomic E-state index is 12.1. The van der Waals surface area contributed by atoms with Crippen molar-refractivity contribution < 1.29 is 13.2 Å². The monoisotopic (exact) mass is 284 g/mol. The highest BCUT2D eigenvalue weighted by atomic mass is 35.5. The summed E-state index contributed by atoms with van der Waals surface area (Å²) in [4.78, 5) is 13.8. The molecule has 1 N–H and O–H groups in total. The molecule has 1 atom stereocenters. The quantitative estimate of drug-likeness (QED) is 0.778. The Kier molecular flexibility index (Phi) is 5.43. The van der Waals surface area contributed by atoms with E-state index in [9.17, 15) is 13.2 Å². The van der Waals surface area contributed by atoms with Gasteiger partial charge in [0.2, 0.25) is 5.91 Å². The lowest BCUT2D eigenvalue weighted by Gasteiger charge is -2.36. The Labute approximate surface area is 109 Å². The Hall–Kier alpha value is -0.330. The van der Waals surface area contributed by atoms with E-state index in [1.807, 2.05) is 6.92 Å². The van der Waals surface area contributed by atoms with Crippen molar-refractivity contribution in [3.63, 3.8) is 0 Å². The van der Waals surface area contributed by atoms with Crippen molar-refractivity contribution in [2.45, 2.75) is 31.6 Å². The number of piperazine rings is 1. The minimum Gasteiger partial charge on any atom is -0.339 e. The van der Waals surface area contributed by atoms with Gasteiger partial charge in [-0.15, -0.1) is 12.4 Å². The van der Waals surface area contributed by atoms with Gasteiger partial charge in [0.05, 0.1) is 0 Å². The van der Waals surface area contributed by atoms with Crippen molar-refractivity contribution in [2.75, 3.05) is 25.9 Å². The molecule has 102 valence electrons. The Morgan fingerprint density at radius 2 is 1.94 bits per heavy atom. The molecule has 0 aromatic heterocycles. The molecular formula is C10H21ClN2O3S. The van der Waals surface area contributed by atoms with Crippen molar-refractivity contribution in [1.82, 2.24) is 10.2 Å². The summed E-state index contributed by atoms with van der Waals surface area (Å²) in [6, 6.07) is 0.216. The molecule has 0 unspecified atom stereocenters. The lowest BCUT2D eigenvalue weighted by atomic mass is 10.1. The third-order valence-electron chi connectivity index (χ3n) is 3.10. The van der Waals surface area contributed by atoms with Gasteiger partial charge in [-0.1, -0.05) is 0 Å². The highest BCUT2D eigenvalue weighted by Crippen LogP contribution is 2.19. The molecule has 1 heterocycles. The number of nitrogens with one attached hydrogen (secondary N) is 1. The molecule has 1 aliphatic rings. The van der Waals surface area contributed by atoms with E-state index >= 15 is 0 Å². The number of halogens is 1. The molecule has 0 aliphatic carbocycles. The predicted molar refractivity (Wildman–Crippen MR) is 70.2 cm³/mol. The Balaban J connectivity index is 0.00000256. The topological polar surface area (TPSA) is 66.5 Å². The molecule has 5 nitrogen and oxygen atoms in total. The van der Waals surface area contributed by atoms with Gasteiger partial charge in [0.25, 0.3) is 0 Å². The highest BCUT2D eigenvalue weighted by Gasteiger charge is 2.41. The molecule has 17 heavy (non-hydrogen) atoms. The van der Waals surface area contributed by atoms with Crippen LogP contribution in [0.5, 0.6) is 0 Å². The largest absolute Gasteiger partial charge is 0.339 e. The van der Waals surface area contributed by atoms with Crippen molar-refractivity contribution in [3.8, 4) is 0 Å². The van der Waals surface area contributed by atoms with Crippen LogP contribution >= 0.6 is 12.4 Å². The third kappa shape index (κ3) is 3.56. The van der Waals surface area contributed by atoms with E-state index in [0.29, 0.717) is 19.6 Å². The van der Waals surface area contributed by atoms with Crippen LogP contribution < -0.4 is 5.32 Å². The molecule has 1 saturated heterocycles. The van der Waals surface area contributed by atoms with E-state index in [1.54, 1.807) is 4.90 Å². The summed E-state index contributed by atoms with van der Waals surface area (Å²) in [6.45, 7) is 6.77. The summed E-state index contributed by atoms with van der Waals surface area (Å²) in [5, 5.41) is 3.21. The van der Waals surface area contributed by atoms with Crippen LogP contribution in [0.3, 0.4) is 0 Å². The number of carbonyl (C=O) groups excluding carboxylic acids is 1. The smallest absolute Gasteiger partial charge is 0.243 e. The maximum Gasteiger partial charge on any atom is 0.243 e. The van der Waals surface area contributed by atoms with Crippen molar-refractivity contribution >= 4 is 28.2 Å². The summed E-state index contributed by atoms with van der Waals surface area (Å²) < 4.78 is 21.8. The zero-order chi connectivity index (χ0) is 12.6. The summed E-state index contributed by atoms with van der Waals surface area (Å²) in [7, 11) is -3.38. The van der Waals surface area contributed by atoms with E-state index in [4.69, 9.17) is 0 Å². The molecule has 0 aromatic rings. The molecule has 1 amide bonds. The van der Waals surface area contributed by atoms with Crippen LogP contribution in [0.4, 0.5) is 0 Å². The van der Waals surface area contributed by atoms with Gasteiger partial charge in [0.15, 0.2) is 9.84 Å². The van der Waals surface area contributed by atoms with Gasteiger partial charge < -0.3 is 10.2 Å². The van der Waals surface area contributed by atoms with Gasteiger partial charge in [0, 0.05) is 31.9 Å². The second kappa shape index (κ2) is 5.54. The van der Waals surface area contributed by atoms with Gasteiger partial charge in [-0.05, 0) is 20.8 Å². The molecule has 7 heteroatoms. The molecule has 0 bridgehead atoms. The van der Waals surface area contributed by atoms with E-state index in [2.05, 4.69) is 5.32 Å². The maximum absolute atomic E-state index is 12.1. The summed E-state index contributed by atoms with van der Waals surface area (Å²) >= 11 is 0. The first-order valence-corrected chi connectivity index (χ1v) is 7.28. The summed E-state index contributed by atoms with van der Waals surface area (Å²) in [6.07, 6.45) is 1.11. The highest BCUT2D eigenvalue weighted by molar-refractivity contribution is 7.92. The van der Waals surface area contributed by atoms with Crippen LogP contribution in [0.15, 0.2) is 0 Å². The first-order chi connectivity index (χ1) is 7.16. The summed E-state index contributed by atoms with van der Waals surface area (Å²) in [5.74, 6) is -0.302. The number of nitrogens with zero attached hydrogens (tertiary/aromatic N) is 1. The summed E-state index contributed by atoms with van der Waals surface area (Å²) in [5.41, 5.74) is 0. The van der Waals surface area contributed by atoms with Crippen molar-refractivity contribution in [3.05, 3.63) is 0 Å². The lowest BCUT2D eigenvalue weighted by molar-refractivity contribution is -0.134. The van der Waals surface area contributed by atoms with Gasteiger partial charge in [-0.3, -0.25) is 4.79 Å². The Bertz CT molecular complexity index is 381. The first-order valence-electron chi connectivity index (χ1n) is 5.38. The lowest BCUT2D eigenvalue weighted by Crippen LogP contribution is -2.57. The zero-order valence-corrected chi connectivity index (χ0v) is 12.3. The average molecular weight is 285 g/mol. The van der Waals surface area contributed by atoms with Crippen LogP contribution in [0.1, 0.15) is 20.8 Å². The molecule has 1 aliphatic heterocycles.